The zero-order valence-electron chi connectivity index (χ0n) is 12.1. The molecule has 0 fully saturated rings. The topological polar surface area (TPSA) is 66.8 Å². The van der Waals surface area contributed by atoms with Crippen molar-refractivity contribution < 1.29 is 19.5 Å². The first kappa shape index (κ1) is 17.6. The summed E-state index contributed by atoms with van der Waals surface area (Å²) in [6.45, 7) is 5.97. The minimum Gasteiger partial charge on any atom is -0.466 e. The van der Waals surface area contributed by atoms with Crippen LogP contribution >= 0.6 is 0 Å². The minimum atomic E-state index is -0.353. The van der Waals surface area contributed by atoms with Crippen LogP contribution < -0.4 is 0 Å². The maximum absolute atomic E-state index is 11.5. The van der Waals surface area contributed by atoms with Gasteiger partial charge in [0.1, 0.15) is 0 Å². The number of amides is 1. The van der Waals surface area contributed by atoms with Crippen LogP contribution in [-0.2, 0) is 14.3 Å². The Labute approximate surface area is 115 Å². The van der Waals surface area contributed by atoms with E-state index in [1.54, 1.807) is 26.8 Å². The molecule has 1 N–H and O–H groups in total. The Morgan fingerprint density at radius 3 is 2.42 bits per heavy atom. The third-order valence-electron chi connectivity index (χ3n) is 2.81. The van der Waals surface area contributed by atoms with Crippen LogP contribution in [0.3, 0.4) is 0 Å². The Kier molecular flexibility index (Phi) is 9.80. The van der Waals surface area contributed by atoms with Crippen molar-refractivity contribution in [2.24, 2.45) is 0 Å². The molecule has 0 bridgehead atoms. The van der Waals surface area contributed by atoms with Crippen LogP contribution in [0.2, 0.25) is 0 Å². The second kappa shape index (κ2) is 10.6. The largest absolute Gasteiger partial charge is 0.466 e. The number of unbranched alkanes of at least 4 members (excludes halogenated alkanes) is 3. The van der Waals surface area contributed by atoms with E-state index in [4.69, 9.17) is 4.74 Å². The number of allylic oxidation sites excluding steroid dienone is 1. The van der Waals surface area contributed by atoms with Gasteiger partial charge in [0, 0.05) is 18.5 Å². The summed E-state index contributed by atoms with van der Waals surface area (Å²) >= 11 is 0. The van der Waals surface area contributed by atoms with Crippen LogP contribution in [0.5, 0.6) is 0 Å². The molecule has 0 rings (SSSR count). The number of esters is 1. The first-order chi connectivity index (χ1) is 9.02. The third-order valence-corrected chi connectivity index (χ3v) is 2.81. The molecule has 0 aromatic carbocycles. The lowest BCUT2D eigenvalue weighted by molar-refractivity contribution is -0.160. The minimum absolute atomic E-state index is 0.162. The van der Waals surface area contributed by atoms with Crippen LogP contribution in [0.1, 0.15) is 52.9 Å². The van der Waals surface area contributed by atoms with Gasteiger partial charge in [-0.3, -0.25) is 14.8 Å². The predicted octanol–water partition coefficient (Wildman–Crippen LogP) is 2.68. The van der Waals surface area contributed by atoms with Crippen molar-refractivity contribution >= 4 is 11.9 Å². The predicted molar refractivity (Wildman–Crippen MR) is 72.6 cm³/mol. The van der Waals surface area contributed by atoms with Crippen molar-refractivity contribution in [2.75, 3.05) is 13.2 Å². The van der Waals surface area contributed by atoms with Crippen LogP contribution in [0, 0.1) is 0 Å². The van der Waals surface area contributed by atoms with Crippen molar-refractivity contribution in [2.45, 2.75) is 52.9 Å². The lowest BCUT2D eigenvalue weighted by atomic mass is 10.1. The molecule has 0 unspecified atom stereocenters. The quantitative estimate of drug-likeness (QED) is 0.230. The van der Waals surface area contributed by atoms with E-state index in [0.29, 0.717) is 25.1 Å². The summed E-state index contributed by atoms with van der Waals surface area (Å²) in [5, 5.41) is 10.3. The first-order valence-corrected chi connectivity index (χ1v) is 6.82. The molecule has 0 aliphatic heterocycles. The molecule has 19 heavy (non-hydrogen) atoms. The molecule has 5 nitrogen and oxygen atoms in total. The van der Waals surface area contributed by atoms with E-state index in [9.17, 15) is 14.8 Å². The van der Waals surface area contributed by atoms with E-state index in [1.165, 1.54) is 0 Å². The number of carbonyl (C=O) groups excluding carboxylic acids is 2. The Balaban J connectivity index is 3.59. The highest BCUT2D eigenvalue weighted by Crippen LogP contribution is 2.06. The van der Waals surface area contributed by atoms with E-state index in [2.05, 4.69) is 0 Å². The number of ether oxygens (including phenoxy) is 1. The van der Waals surface area contributed by atoms with E-state index in [0.717, 1.165) is 30.7 Å². The fourth-order valence-corrected chi connectivity index (χ4v) is 1.55. The van der Waals surface area contributed by atoms with Gasteiger partial charge in [-0.15, -0.1) is 0 Å². The van der Waals surface area contributed by atoms with E-state index in [-0.39, 0.29) is 11.9 Å². The van der Waals surface area contributed by atoms with Gasteiger partial charge in [-0.25, -0.2) is 5.06 Å². The number of nitrogens with zero attached hydrogens (tertiary/aromatic N) is 1. The number of hydrogen-bond donors (Lipinski definition) is 1. The Hall–Kier alpha value is -1.36. The summed E-state index contributed by atoms with van der Waals surface area (Å²) in [5.41, 5.74) is 0.532. The maximum Gasteiger partial charge on any atom is 0.305 e. The summed E-state index contributed by atoms with van der Waals surface area (Å²) < 4.78 is 4.82. The van der Waals surface area contributed by atoms with Gasteiger partial charge in [0.25, 0.3) is 5.91 Å². The van der Waals surface area contributed by atoms with Crippen molar-refractivity contribution in [3.8, 4) is 0 Å². The number of hydroxylamine groups is 2. The third kappa shape index (κ3) is 8.37. The van der Waals surface area contributed by atoms with Gasteiger partial charge < -0.3 is 4.74 Å². The van der Waals surface area contributed by atoms with Crippen molar-refractivity contribution in [3.63, 3.8) is 0 Å². The molecular weight excluding hydrogens is 246 g/mol. The van der Waals surface area contributed by atoms with E-state index in [1.807, 2.05) is 0 Å². The second-order valence-corrected chi connectivity index (χ2v) is 4.37. The highest BCUT2D eigenvalue weighted by Gasteiger charge is 2.11. The Bertz CT molecular complexity index is 313. The van der Waals surface area contributed by atoms with Crippen LogP contribution in [-0.4, -0.2) is 35.3 Å². The molecule has 0 aromatic rings. The van der Waals surface area contributed by atoms with Gasteiger partial charge in [0.15, 0.2) is 0 Å². The molecular formula is C14H25NO4. The smallest absolute Gasteiger partial charge is 0.305 e. The molecule has 0 aliphatic rings. The van der Waals surface area contributed by atoms with Gasteiger partial charge in [-0.2, -0.15) is 0 Å². The van der Waals surface area contributed by atoms with Crippen molar-refractivity contribution in [1.29, 1.82) is 0 Å². The van der Waals surface area contributed by atoms with Crippen LogP contribution in [0.15, 0.2) is 11.6 Å². The Morgan fingerprint density at radius 2 is 1.84 bits per heavy atom. The lowest BCUT2D eigenvalue weighted by Crippen LogP contribution is -2.29. The monoisotopic (exact) mass is 271 g/mol. The first-order valence-electron chi connectivity index (χ1n) is 6.82. The molecule has 5 heteroatoms. The molecule has 0 radical (unpaired) electrons. The second-order valence-electron chi connectivity index (χ2n) is 4.37. The molecule has 110 valence electrons. The fourth-order valence-electron chi connectivity index (χ4n) is 1.55. The average molecular weight is 271 g/mol. The SMILES string of the molecule is C/C=C(\C)C(=O)N(O)CCCCCCC(=O)OCC. The summed E-state index contributed by atoms with van der Waals surface area (Å²) in [6, 6.07) is 0. The molecule has 0 aromatic heterocycles. The van der Waals surface area contributed by atoms with Crippen LogP contribution in [0.4, 0.5) is 0 Å². The van der Waals surface area contributed by atoms with Gasteiger partial charge in [-0.05, 0) is 33.6 Å². The highest BCUT2D eigenvalue weighted by molar-refractivity contribution is 5.91. The van der Waals surface area contributed by atoms with Crippen molar-refractivity contribution in [1.82, 2.24) is 5.06 Å². The molecule has 0 atom stereocenters. The average Bonchev–Trinajstić information content (AvgIpc) is 2.40. The van der Waals surface area contributed by atoms with E-state index >= 15 is 0 Å². The lowest BCUT2D eigenvalue weighted by Gasteiger charge is -2.14. The maximum atomic E-state index is 11.5. The standard InChI is InChI=1S/C14H25NO4/c1-4-12(3)14(17)15(18)11-9-7-6-8-10-13(16)19-5-2/h4,18H,5-11H2,1-3H3/b12-4+. The highest BCUT2D eigenvalue weighted by atomic mass is 16.5. The summed E-state index contributed by atoms with van der Waals surface area (Å²) in [5.74, 6) is -0.515. The normalized spacial score (nSPS) is 11.3. The number of rotatable bonds is 9. The molecule has 0 saturated carbocycles. The fraction of sp³-hybridized carbons (Fsp3) is 0.714. The number of carbonyl (C=O) groups is 2. The molecule has 0 heterocycles. The molecule has 0 spiro atoms. The van der Waals surface area contributed by atoms with Gasteiger partial charge in [0.05, 0.1) is 6.61 Å². The summed E-state index contributed by atoms with van der Waals surface area (Å²) in [4.78, 5) is 22.6. The van der Waals surface area contributed by atoms with E-state index < -0.39 is 0 Å². The summed E-state index contributed by atoms with van der Waals surface area (Å²) in [6.07, 6.45) is 5.38. The van der Waals surface area contributed by atoms with Gasteiger partial charge >= 0.3 is 5.97 Å². The summed E-state index contributed by atoms with van der Waals surface area (Å²) in [7, 11) is 0. The van der Waals surface area contributed by atoms with Crippen molar-refractivity contribution in [3.05, 3.63) is 11.6 Å². The molecule has 0 saturated heterocycles. The van der Waals surface area contributed by atoms with Gasteiger partial charge in [0.2, 0.25) is 0 Å². The van der Waals surface area contributed by atoms with Gasteiger partial charge in [-0.1, -0.05) is 18.9 Å². The molecule has 0 aliphatic carbocycles. The zero-order chi connectivity index (χ0) is 14.7. The van der Waals surface area contributed by atoms with Crippen LogP contribution in [0.25, 0.3) is 0 Å². The zero-order valence-corrected chi connectivity index (χ0v) is 12.1. The Morgan fingerprint density at radius 1 is 1.21 bits per heavy atom. The number of hydrogen-bond acceptors (Lipinski definition) is 4. The molecule has 1 amide bonds.